The monoisotopic (exact) mass is 162 g/mol. The Bertz CT molecular complexity index is 329. The van der Waals surface area contributed by atoms with E-state index in [1.165, 1.54) is 6.42 Å². The van der Waals surface area contributed by atoms with Crippen LogP contribution in [-0.4, -0.2) is 9.78 Å². The first-order chi connectivity index (χ1) is 5.83. The summed E-state index contributed by atoms with van der Waals surface area (Å²) in [5.74, 6) is 0.523. The lowest BCUT2D eigenvalue weighted by Crippen LogP contribution is -2.19. The molecule has 0 aliphatic heterocycles. The third kappa shape index (κ3) is 0.866. The van der Waals surface area contributed by atoms with Gasteiger partial charge >= 0.3 is 0 Å². The molecule has 1 aliphatic carbocycles. The van der Waals surface area contributed by atoms with Crippen LogP contribution in [-0.2, 0) is 0 Å². The van der Waals surface area contributed by atoms with Crippen LogP contribution in [0.4, 0.5) is 11.5 Å². The first-order valence-corrected chi connectivity index (χ1v) is 4.03. The summed E-state index contributed by atoms with van der Waals surface area (Å²) in [5.41, 5.74) is 6.18. The van der Waals surface area contributed by atoms with Gasteiger partial charge in [0.1, 0.15) is 5.82 Å². The Labute approximate surface area is 70.8 Å². The van der Waals surface area contributed by atoms with Crippen molar-refractivity contribution in [2.75, 3.05) is 5.73 Å². The summed E-state index contributed by atoms with van der Waals surface area (Å²) in [5, 5.41) is 4.09. The summed E-state index contributed by atoms with van der Waals surface area (Å²) in [7, 11) is 0. The average molecular weight is 162 g/mol. The van der Waals surface area contributed by atoms with E-state index < -0.39 is 0 Å². The number of nitrogens with two attached hydrogens (primary N) is 1. The number of nitrogen functional groups attached to an aromatic ring is 1. The van der Waals surface area contributed by atoms with Crippen molar-refractivity contribution in [3.05, 3.63) is 17.6 Å². The summed E-state index contributed by atoms with van der Waals surface area (Å²) in [6.45, 7) is 6.81. The van der Waals surface area contributed by atoms with E-state index in [1.54, 1.807) is 10.9 Å². The number of rotatable bonds is 1. The number of aromatic nitrogens is 2. The van der Waals surface area contributed by atoms with E-state index in [2.05, 4.69) is 9.94 Å². The Morgan fingerprint density at radius 1 is 1.67 bits per heavy atom. The first kappa shape index (κ1) is 7.17. The van der Waals surface area contributed by atoms with Crippen molar-refractivity contribution >= 4 is 11.5 Å². The van der Waals surface area contributed by atoms with Gasteiger partial charge in [-0.15, -0.1) is 0 Å². The number of hydrogen-bond acceptors (Lipinski definition) is 2. The highest BCUT2D eigenvalue weighted by molar-refractivity contribution is 5.62. The zero-order valence-electron chi connectivity index (χ0n) is 6.70. The zero-order valence-corrected chi connectivity index (χ0v) is 6.70. The third-order valence-electron chi connectivity index (χ3n) is 2.35. The molecule has 1 aliphatic rings. The van der Waals surface area contributed by atoms with Crippen LogP contribution in [0.3, 0.4) is 0 Å². The molecule has 4 heteroatoms. The maximum Gasteiger partial charge on any atom is 0.247 e. The largest absolute Gasteiger partial charge is 0.393 e. The van der Waals surface area contributed by atoms with Crippen molar-refractivity contribution in [2.24, 2.45) is 0 Å². The molecule has 0 spiro atoms. The van der Waals surface area contributed by atoms with Gasteiger partial charge in [-0.3, -0.25) is 4.68 Å². The summed E-state index contributed by atoms with van der Waals surface area (Å²) in [4.78, 5) is 3.27. The number of anilines is 1. The van der Waals surface area contributed by atoms with E-state index in [4.69, 9.17) is 12.3 Å². The summed E-state index contributed by atoms with van der Waals surface area (Å²) in [6.07, 6.45) is 5.07. The van der Waals surface area contributed by atoms with E-state index in [9.17, 15) is 0 Å². The minimum Gasteiger partial charge on any atom is -0.393 e. The second kappa shape index (κ2) is 2.52. The van der Waals surface area contributed by atoms with Crippen molar-refractivity contribution in [1.29, 1.82) is 0 Å². The molecular weight excluding hydrogens is 152 g/mol. The molecule has 0 atom stereocenters. The normalized spacial score (nSPS) is 16.9. The van der Waals surface area contributed by atoms with E-state index in [1.807, 2.05) is 0 Å². The molecule has 1 heterocycles. The lowest BCUT2D eigenvalue weighted by Gasteiger charge is -2.26. The average Bonchev–Trinajstić information content (AvgIpc) is 2.30. The van der Waals surface area contributed by atoms with E-state index in [0.717, 1.165) is 12.8 Å². The van der Waals surface area contributed by atoms with Crippen LogP contribution < -0.4 is 5.73 Å². The molecule has 62 valence electrons. The SMILES string of the molecule is [C-]#[N+]c1cnn(C2CCC2)c1N. The van der Waals surface area contributed by atoms with Crippen LogP contribution in [0.25, 0.3) is 4.85 Å². The zero-order chi connectivity index (χ0) is 8.55. The van der Waals surface area contributed by atoms with Gasteiger partial charge in [0.25, 0.3) is 0 Å². The maximum atomic E-state index is 6.81. The van der Waals surface area contributed by atoms with Gasteiger partial charge in [0.05, 0.1) is 18.8 Å². The minimum absolute atomic E-state index is 0.445. The molecule has 1 saturated carbocycles. The van der Waals surface area contributed by atoms with Crippen LogP contribution in [0.5, 0.6) is 0 Å². The molecule has 0 radical (unpaired) electrons. The highest BCUT2D eigenvalue weighted by Crippen LogP contribution is 2.35. The maximum absolute atomic E-state index is 6.81. The van der Waals surface area contributed by atoms with Gasteiger partial charge in [-0.2, -0.15) is 5.10 Å². The summed E-state index contributed by atoms with van der Waals surface area (Å²) < 4.78 is 1.77. The molecular formula is C8H10N4. The highest BCUT2D eigenvalue weighted by Gasteiger charge is 2.22. The second-order valence-electron chi connectivity index (χ2n) is 3.06. The summed E-state index contributed by atoms with van der Waals surface area (Å²) >= 11 is 0. The molecule has 0 amide bonds. The lowest BCUT2D eigenvalue weighted by atomic mass is 9.93. The molecule has 0 aromatic carbocycles. The molecule has 1 fully saturated rings. The quantitative estimate of drug-likeness (QED) is 0.639. The van der Waals surface area contributed by atoms with Crippen molar-refractivity contribution < 1.29 is 0 Å². The van der Waals surface area contributed by atoms with Gasteiger partial charge in [0, 0.05) is 0 Å². The van der Waals surface area contributed by atoms with Crippen molar-refractivity contribution in [1.82, 2.24) is 9.78 Å². The Kier molecular flexibility index (Phi) is 1.51. The standard InChI is InChI=1S/C8H10N4/c1-10-7-5-11-12(8(7)9)6-3-2-4-6/h5-6H,2-4,9H2. The van der Waals surface area contributed by atoms with Gasteiger partial charge < -0.3 is 5.73 Å². The fourth-order valence-electron chi connectivity index (χ4n) is 1.37. The fraction of sp³-hybridized carbons (Fsp3) is 0.500. The molecule has 2 N–H and O–H groups in total. The number of hydrogen-bond donors (Lipinski definition) is 1. The van der Waals surface area contributed by atoms with E-state index in [-0.39, 0.29) is 0 Å². The Balaban J connectivity index is 2.33. The van der Waals surface area contributed by atoms with E-state index in [0.29, 0.717) is 17.5 Å². The first-order valence-electron chi connectivity index (χ1n) is 4.03. The number of nitrogens with zero attached hydrogens (tertiary/aromatic N) is 3. The minimum atomic E-state index is 0.445. The lowest BCUT2D eigenvalue weighted by molar-refractivity contribution is 0.293. The van der Waals surface area contributed by atoms with Crippen LogP contribution in [0.1, 0.15) is 25.3 Å². The molecule has 2 rings (SSSR count). The Morgan fingerprint density at radius 2 is 2.42 bits per heavy atom. The smallest absolute Gasteiger partial charge is 0.247 e. The van der Waals surface area contributed by atoms with Crippen molar-refractivity contribution in [3.63, 3.8) is 0 Å². The molecule has 12 heavy (non-hydrogen) atoms. The second-order valence-corrected chi connectivity index (χ2v) is 3.06. The Hall–Kier alpha value is -1.50. The molecule has 1 aromatic heterocycles. The van der Waals surface area contributed by atoms with Crippen molar-refractivity contribution in [3.8, 4) is 0 Å². The molecule has 0 saturated heterocycles. The Morgan fingerprint density at radius 3 is 2.83 bits per heavy atom. The van der Waals surface area contributed by atoms with Crippen LogP contribution in [0, 0.1) is 6.57 Å². The van der Waals surface area contributed by atoms with Gasteiger partial charge in [0.15, 0.2) is 0 Å². The molecule has 1 aromatic rings. The topological polar surface area (TPSA) is 48.2 Å². The molecule has 0 bridgehead atoms. The van der Waals surface area contributed by atoms with Crippen LogP contribution in [0.2, 0.25) is 0 Å². The third-order valence-corrected chi connectivity index (χ3v) is 2.35. The van der Waals surface area contributed by atoms with Crippen LogP contribution in [0.15, 0.2) is 6.20 Å². The van der Waals surface area contributed by atoms with Crippen LogP contribution >= 0.6 is 0 Å². The van der Waals surface area contributed by atoms with Gasteiger partial charge in [-0.25, -0.2) is 4.85 Å². The highest BCUT2D eigenvalue weighted by atomic mass is 15.3. The molecule has 0 unspecified atom stereocenters. The summed E-state index contributed by atoms with van der Waals surface area (Å²) in [6, 6.07) is 0.445. The van der Waals surface area contributed by atoms with Gasteiger partial charge in [-0.1, -0.05) is 0 Å². The predicted molar refractivity (Wildman–Crippen MR) is 45.8 cm³/mol. The van der Waals surface area contributed by atoms with E-state index >= 15 is 0 Å². The molecule has 4 nitrogen and oxygen atoms in total. The fourth-order valence-corrected chi connectivity index (χ4v) is 1.37. The van der Waals surface area contributed by atoms with Gasteiger partial charge in [0.2, 0.25) is 5.69 Å². The van der Waals surface area contributed by atoms with Crippen molar-refractivity contribution in [2.45, 2.75) is 25.3 Å². The predicted octanol–water partition coefficient (Wildman–Crippen LogP) is 1.74. The van der Waals surface area contributed by atoms with Gasteiger partial charge in [-0.05, 0) is 19.3 Å².